The number of sulfonamides is 1. The topological polar surface area (TPSA) is 128 Å². The van der Waals surface area contributed by atoms with Gasteiger partial charge in [-0.1, -0.05) is 29.8 Å². The van der Waals surface area contributed by atoms with Crippen molar-refractivity contribution in [2.45, 2.75) is 6.92 Å². The molecule has 1 aliphatic rings. The van der Waals surface area contributed by atoms with Gasteiger partial charge in [0.1, 0.15) is 12.3 Å². The van der Waals surface area contributed by atoms with Gasteiger partial charge in [-0.25, -0.2) is 13.1 Å². The molecule has 1 heterocycles. The number of carbonyl (C=O) groups excluding carboxylic acids is 3. The maximum absolute atomic E-state index is 12.2. The number of aryl methyl sites for hydroxylation is 1. The van der Waals surface area contributed by atoms with Crippen LogP contribution in [0, 0.1) is 6.92 Å². The molecule has 1 aliphatic heterocycles. The molecule has 2 aromatic carbocycles. The summed E-state index contributed by atoms with van der Waals surface area (Å²) in [5.74, 6) is -1.33. The molecular weight excluding hydrogens is 424 g/mol. The number of Topliss-reactive ketones (excluding diaryl/α,β-unsaturated/α-hetero) is 1. The van der Waals surface area contributed by atoms with Crippen molar-refractivity contribution in [2.75, 3.05) is 25.1 Å². The molecule has 1 amide bonds. The van der Waals surface area contributed by atoms with Gasteiger partial charge in [-0.15, -0.1) is 0 Å². The largest absolute Gasteiger partial charge is 0.482 e. The van der Waals surface area contributed by atoms with E-state index in [9.17, 15) is 22.8 Å². The van der Waals surface area contributed by atoms with E-state index >= 15 is 0 Å². The van der Waals surface area contributed by atoms with Crippen LogP contribution in [-0.4, -0.2) is 45.8 Å². The summed E-state index contributed by atoms with van der Waals surface area (Å²) in [5.41, 5.74) is 2.29. The van der Waals surface area contributed by atoms with Crippen molar-refractivity contribution in [1.82, 2.24) is 4.72 Å². The summed E-state index contributed by atoms with van der Waals surface area (Å²) >= 11 is 0. The maximum atomic E-state index is 12.2. The molecule has 0 unspecified atom stereocenters. The summed E-state index contributed by atoms with van der Waals surface area (Å²) in [6.07, 6.45) is 1.40. The van der Waals surface area contributed by atoms with Crippen LogP contribution in [0.15, 0.2) is 47.9 Å². The van der Waals surface area contributed by atoms with Crippen molar-refractivity contribution < 1.29 is 32.3 Å². The average molecular weight is 444 g/mol. The second kappa shape index (κ2) is 9.54. The molecule has 2 N–H and O–H groups in total. The van der Waals surface area contributed by atoms with E-state index in [1.807, 2.05) is 19.1 Å². The number of benzene rings is 2. The Morgan fingerprint density at radius 3 is 2.68 bits per heavy atom. The van der Waals surface area contributed by atoms with Gasteiger partial charge in [0.15, 0.2) is 19.0 Å². The first-order chi connectivity index (χ1) is 14.7. The van der Waals surface area contributed by atoms with Gasteiger partial charge in [-0.05, 0) is 36.8 Å². The zero-order chi connectivity index (χ0) is 22.4. The van der Waals surface area contributed by atoms with E-state index in [0.717, 1.165) is 11.0 Å². The lowest BCUT2D eigenvalue weighted by Gasteiger charge is -2.18. The number of nitrogens with one attached hydrogen (secondary N) is 2. The molecule has 162 valence electrons. The predicted molar refractivity (Wildman–Crippen MR) is 113 cm³/mol. The number of fused-ring (bicyclic) bond motifs is 1. The molecule has 0 fully saturated rings. The fraction of sp³-hybridized carbons (Fsp3) is 0.190. The summed E-state index contributed by atoms with van der Waals surface area (Å²) in [6, 6.07) is 11.6. The minimum atomic E-state index is -3.86. The number of hydrogen-bond acceptors (Lipinski definition) is 7. The van der Waals surface area contributed by atoms with Gasteiger partial charge in [0.25, 0.3) is 5.91 Å². The lowest BCUT2D eigenvalue weighted by Crippen LogP contribution is -2.30. The second-order valence-electron chi connectivity index (χ2n) is 6.71. The average Bonchev–Trinajstić information content (AvgIpc) is 2.75. The van der Waals surface area contributed by atoms with Crippen LogP contribution in [0.2, 0.25) is 0 Å². The van der Waals surface area contributed by atoms with E-state index in [1.54, 1.807) is 12.1 Å². The Morgan fingerprint density at radius 1 is 1.19 bits per heavy atom. The first-order valence-electron chi connectivity index (χ1n) is 9.22. The van der Waals surface area contributed by atoms with Crippen molar-refractivity contribution in [3.63, 3.8) is 0 Å². The Balaban J connectivity index is 1.48. The van der Waals surface area contributed by atoms with Crippen LogP contribution in [0.1, 0.15) is 21.5 Å². The predicted octanol–water partition coefficient (Wildman–Crippen LogP) is 1.64. The smallest absolute Gasteiger partial charge is 0.321 e. The highest BCUT2D eigenvalue weighted by molar-refractivity contribution is 7.92. The monoisotopic (exact) mass is 444 g/mol. The summed E-state index contributed by atoms with van der Waals surface area (Å²) in [6.45, 7) is 0.614. The Labute approximate surface area is 179 Å². The van der Waals surface area contributed by atoms with Gasteiger partial charge in [-0.3, -0.25) is 14.4 Å². The van der Waals surface area contributed by atoms with Gasteiger partial charge in [0.05, 0.1) is 5.69 Å². The van der Waals surface area contributed by atoms with Gasteiger partial charge in [-0.2, -0.15) is 0 Å². The van der Waals surface area contributed by atoms with Gasteiger partial charge < -0.3 is 14.8 Å². The fourth-order valence-corrected chi connectivity index (χ4v) is 3.34. The Morgan fingerprint density at radius 2 is 1.94 bits per heavy atom. The lowest BCUT2D eigenvalue weighted by atomic mass is 10.1. The maximum Gasteiger partial charge on any atom is 0.321 e. The molecule has 0 spiro atoms. The number of amides is 1. The van der Waals surface area contributed by atoms with Gasteiger partial charge in [0, 0.05) is 11.0 Å². The molecule has 0 saturated carbocycles. The van der Waals surface area contributed by atoms with Crippen LogP contribution in [0.4, 0.5) is 5.69 Å². The normalized spacial score (nSPS) is 13.3. The van der Waals surface area contributed by atoms with Crippen molar-refractivity contribution in [3.8, 4) is 5.75 Å². The molecule has 0 saturated heterocycles. The second-order valence-corrected chi connectivity index (χ2v) is 8.36. The minimum Gasteiger partial charge on any atom is -0.482 e. The molecule has 2 aromatic rings. The SMILES string of the molecule is Cc1ccc(C=CS(=O)(=O)NCC(=O)OCC(=O)c2ccc3c(c2)NC(=O)CO3)cc1. The van der Waals surface area contributed by atoms with Crippen LogP contribution in [0.3, 0.4) is 0 Å². The van der Waals surface area contributed by atoms with Crippen LogP contribution in [0.5, 0.6) is 5.75 Å². The van der Waals surface area contributed by atoms with E-state index in [0.29, 0.717) is 17.0 Å². The van der Waals surface area contributed by atoms with Gasteiger partial charge >= 0.3 is 5.97 Å². The van der Waals surface area contributed by atoms with Crippen LogP contribution in [0.25, 0.3) is 6.08 Å². The molecule has 0 aliphatic carbocycles. The summed E-state index contributed by atoms with van der Waals surface area (Å²) in [7, 11) is -3.86. The number of ketones is 1. The Kier molecular flexibility index (Phi) is 6.83. The highest BCUT2D eigenvalue weighted by Gasteiger charge is 2.19. The number of ether oxygens (including phenoxy) is 2. The molecule has 3 rings (SSSR count). The third kappa shape index (κ3) is 6.49. The fourth-order valence-electron chi connectivity index (χ4n) is 2.59. The number of hydrogen-bond donors (Lipinski definition) is 2. The number of esters is 1. The van der Waals surface area contributed by atoms with E-state index in [2.05, 4.69) is 10.0 Å². The summed E-state index contributed by atoms with van der Waals surface area (Å²) in [5, 5.41) is 3.52. The molecule has 0 bridgehead atoms. The van der Waals surface area contributed by atoms with E-state index < -0.39 is 34.9 Å². The van der Waals surface area contributed by atoms with Crippen LogP contribution < -0.4 is 14.8 Å². The highest BCUT2D eigenvalue weighted by atomic mass is 32.2. The lowest BCUT2D eigenvalue weighted by molar-refractivity contribution is -0.141. The van der Waals surface area contributed by atoms with Crippen molar-refractivity contribution in [1.29, 1.82) is 0 Å². The summed E-state index contributed by atoms with van der Waals surface area (Å²) in [4.78, 5) is 35.4. The molecule has 0 atom stereocenters. The zero-order valence-corrected chi connectivity index (χ0v) is 17.4. The Bertz CT molecular complexity index is 1140. The first kappa shape index (κ1) is 22.2. The van der Waals surface area contributed by atoms with Crippen molar-refractivity contribution in [2.24, 2.45) is 0 Å². The molecule has 0 aromatic heterocycles. The van der Waals surface area contributed by atoms with Crippen LogP contribution >= 0.6 is 0 Å². The van der Waals surface area contributed by atoms with Crippen molar-refractivity contribution >= 4 is 39.4 Å². The third-order valence-corrected chi connectivity index (χ3v) is 5.27. The molecular formula is C21H20N2O7S. The number of anilines is 1. The van der Waals surface area contributed by atoms with Crippen molar-refractivity contribution in [3.05, 3.63) is 64.6 Å². The van der Waals surface area contributed by atoms with E-state index in [4.69, 9.17) is 9.47 Å². The van der Waals surface area contributed by atoms with Gasteiger partial charge in [0.2, 0.25) is 10.0 Å². The Hall–Kier alpha value is -3.50. The van der Waals surface area contributed by atoms with E-state index in [-0.39, 0.29) is 18.1 Å². The quantitative estimate of drug-likeness (QED) is 0.468. The standard InChI is InChI=1S/C21H20N2O7S/c1-14-2-4-15(5-3-14)8-9-31(27,28)22-11-21(26)30-12-18(24)16-6-7-19-17(10-16)23-20(25)13-29-19/h2-10,22H,11-13H2,1H3,(H,23,25). The summed E-state index contributed by atoms with van der Waals surface area (Å²) < 4.78 is 36.1. The molecule has 10 heteroatoms. The molecule has 9 nitrogen and oxygen atoms in total. The number of rotatable bonds is 8. The highest BCUT2D eigenvalue weighted by Crippen LogP contribution is 2.28. The number of carbonyl (C=O) groups is 3. The molecule has 0 radical (unpaired) electrons. The zero-order valence-electron chi connectivity index (χ0n) is 16.6. The van der Waals surface area contributed by atoms with E-state index in [1.165, 1.54) is 24.3 Å². The third-order valence-electron chi connectivity index (χ3n) is 4.23. The molecule has 31 heavy (non-hydrogen) atoms. The first-order valence-corrected chi connectivity index (χ1v) is 10.8. The van der Waals surface area contributed by atoms with Crippen LogP contribution in [-0.2, 0) is 24.3 Å². The minimum absolute atomic E-state index is 0.103.